The van der Waals surface area contributed by atoms with Gasteiger partial charge in [-0.3, -0.25) is 23.1 Å². The molecule has 1 fully saturated rings. The lowest BCUT2D eigenvalue weighted by Gasteiger charge is -2.34. The van der Waals surface area contributed by atoms with Gasteiger partial charge in [0.05, 0.1) is 28.0 Å². The lowest BCUT2D eigenvalue weighted by Crippen LogP contribution is -2.51. The van der Waals surface area contributed by atoms with Crippen LogP contribution in [0.1, 0.15) is 25.0 Å². The van der Waals surface area contributed by atoms with Crippen molar-refractivity contribution < 1.29 is 41.0 Å². The predicted molar refractivity (Wildman–Crippen MR) is 136 cm³/mol. The zero-order valence-electron chi connectivity index (χ0n) is 20.1. The van der Waals surface area contributed by atoms with Crippen molar-refractivity contribution >= 4 is 46.1 Å². The van der Waals surface area contributed by atoms with Gasteiger partial charge in [0.25, 0.3) is 18.4 Å². The van der Waals surface area contributed by atoms with Crippen LogP contribution in [0.2, 0.25) is 10.0 Å². The molecule has 1 unspecified atom stereocenters. The number of nitrogens with zero attached hydrogens (tertiary/aromatic N) is 3. The van der Waals surface area contributed by atoms with Crippen LogP contribution < -0.4 is 25.6 Å². The molecule has 1 atom stereocenters. The van der Waals surface area contributed by atoms with E-state index < -0.39 is 70.5 Å². The summed E-state index contributed by atoms with van der Waals surface area (Å²) in [6.07, 6.45) is -6.22. The molecule has 0 spiro atoms. The van der Waals surface area contributed by atoms with Gasteiger partial charge >= 0.3 is 5.69 Å². The van der Waals surface area contributed by atoms with Crippen LogP contribution in [-0.4, -0.2) is 53.0 Å². The lowest BCUT2D eigenvalue weighted by molar-refractivity contribution is -0.123. The number of alkyl halides is 4. The zero-order valence-corrected chi connectivity index (χ0v) is 22.4. The molecule has 2 aromatic carbocycles. The molecule has 0 radical (unpaired) electrons. The third kappa shape index (κ3) is 6.17. The summed E-state index contributed by atoms with van der Waals surface area (Å²) < 4.78 is 82.3. The van der Waals surface area contributed by atoms with Gasteiger partial charge in [0.15, 0.2) is 11.4 Å². The third-order valence-electron chi connectivity index (χ3n) is 5.77. The summed E-state index contributed by atoms with van der Waals surface area (Å²) in [6, 6.07) is 5.35. The molecule has 1 amide bonds. The topological polar surface area (TPSA) is 170 Å². The number of halogens is 6. The minimum absolute atomic E-state index is 0.0227. The average molecular weight is 641 g/mol. The second-order valence-electron chi connectivity index (χ2n) is 8.49. The molecule has 19 heteroatoms. The van der Waals surface area contributed by atoms with E-state index in [0.717, 1.165) is 24.3 Å². The Hall–Kier alpha value is -3.67. The number of carbonyl (C=O) groups is 1. The van der Waals surface area contributed by atoms with Crippen LogP contribution in [0.25, 0.3) is 5.69 Å². The van der Waals surface area contributed by atoms with Crippen molar-refractivity contribution in [2.75, 3.05) is 10.8 Å². The van der Waals surface area contributed by atoms with E-state index in [-0.39, 0.29) is 40.1 Å². The van der Waals surface area contributed by atoms with Gasteiger partial charge in [-0.15, -0.1) is 0 Å². The number of hydrogen-bond acceptors (Lipinski definition) is 8. The van der Waals surface area contributed by atoms with Crippen molar-refractivity contribution in [1.82, 2.24) is 20.1 Å². The predicted octanol–water partition coefficient (Wildman–Crippen LogP) is 3.18. The van der Waals surface area contributed by atoms with Gasteiger partial charge in [0, 0.05) is 17.3 Å². The first-order valence-electron chi connectivity index (χ1n) is 11.2. The van der Waals surface area contributed by atoms with Gasteiger partial charge in [0.2, 0.25) is 5.91 Å². The van der Waals surface area contributed by atoms with Crippen molar-refractivity contribution in [2.24, 2.45) is 0 Å². The highest BCUT2D eigenvalue weighted by molar-refractivity contribution is 7.80. The Kier molecular flexibility index (Phi) is 8.62. The van der Waals surface area contributed by atoms with Gasteiger partial charge in [-0.05, 0) is 37.1 Å². The molecule has 3 N–H and O–H groups in total. The molecule has 1 heterocycles. The maximum atomic E-state index is 13.1. The number of aromatic amines is 1. The van der Waals surface area contributed by atoms with E-state index in [1.807, 2.05) is 5.32 Å². The minimum atomic E-state index is -3.30. The summed E-state index contributed by atoms with van der Waals surface area (Å²) in [6.45, 7) is -1.01. The summed E-state index contributed by atoms with van der Waals surface area (Å²) >= 11 is 9.33. The highest BCUT2D eigenvalue weighted by atomic mass is 35.5. The summed E-state index contributed by atoms with van der Waals surface area (Å²) in [7, 11) is 0. The number of benzene rings is 2. The Labute approximate surface area is 238 Å². The molecular weight excluding hydrogens is 625 g/mol. The van der Waals surface area contributed by atoms with Crippen LogP contribution in [0.5, 0.6) is 17.2 Å². The number of aromatic hydroxyl groups is 1. The maximum absolute atomic E-state index is 13.1. The fraction of sp³-hybridized carbons (Fsp3) is 0.273. The van der Waals surface area contributed by atoms with E-state index in [4.69, 9.17) is 27.9 Å². The minimum Gasteiger partial charge on any atom is -0.755 e. The Morgan fingerprint density at radius 1 is 1.22 bits per heavy atom. The first-order valence-corrected chi connectivity index (χ1v) is 13.0. The fourth-order valence-corrected chi connectivity index (χ4v) is 5.18. The van der Waals surface area contributed by atoms with E-state index in [9.17, 15) is 45.8 Å². The number of rotatable bonds is 10. The Balaban J connectivity index is 1.68. The number of aromatic nitrogens is 3. The molecule has 0 bridgehead atoms. The number of ether oxygens (including phenoxy) is 1. The van der Waals surface area contributed by atoms with E-state index in [2.05, 4.69) is 5.10 Å². The number of phenols is 1. The molecule has 3 aromatic rings. The normalized spacial score (nSPS) is 14.7. The van der Waals surface area contributed by atoms with Gasteiger partial charge in [-0.25, -0.2) is 22.4 Å². The van der Waals surface area contributed by atoms with Crippen molar-refractivity contribution in [3.63, 3.8) is 0 Å². The van der Waals surface area contributed by atoms with E-state index in [0.29, 0.717) is 8.99 Å². The molecule has 0 saturated heterocycles. The average Bonchev–Trinajstić information content (AvgIpc) is 3.67. The summed E-state index contributed by atoms with van der Waals surface area (Å²) in [5.41, 5.74) is -6.18. The summed E-state index contributed by atoms with van der Waals surface area (Å²) in [5, 5.41) is 15.2. The quantitative estimate of drug-likeness (QED) is 0.224. The summed E-state index contributed by atoms with van der Waals surface area (Å²) in [4.78, 5) is 38.0. The second-order valence-corrected chi connectivity index (χ2v) is 10.1. The molecule has 12 nitrogen and oxygen atoms in total. The zero-order chi connectivity index (χ0) is 30.2. The van der Waals surface area contributed by atoms with Gasteiger partial charge in [-0.1, -0.05) is 23.2 Å². The van der Waals surface area contributed by atoms with Crippen LogP contribution in [0, 0.1) is 0 Å². The molecule has 41 heavy (non-hydrogen) atoms. The number of nitrogens with one attached hydrogen (secondary N) is 2. The van der Waals surface area contributed by atoms with Crippen molar-refractivity contribution in [1.29, 1.82) is 0 Å². The van der Waals surface area contributed by atoms with Crippen LogP contribution in [0.15, 0.2) is 39.9 Å². The number of amides is 1. The molecular formula is C22H16Cl2F4N5O7S-. The highest BCUT2D eigenvalue weighted by Gasteiger charge is 2.56. The number of carbonyl (C=O) groups excluding carboxylic acids is 1. The highest BCUT2D eigenvalue weighted by Crippen LogP contribution is 2.49. The second kappa shape index (κ2) is 11.7. The molecule has 220 valence electrons. The first kappa shape index (κ1) is 30.3. The largest absolute Gasteiger partial charge is 0.755 e. The van der Waals surface area contributed by atoms with E-state index in [1.165, 1.54) is 6.07 Å². The van der Waals surface area contributed by atoms with Crippen LogP contribution in [0.4, 0.5) is 23.2 Å². The number of H-pyrrole nitrogens is 1. The molecule has 4 rings (SSSR count). The standard InChI is InChI=1S/C22H17Cl2F4N5O7S/c23-11-5-9(32-21(37)30-19(35)16(31-32)18(27)28)6-12(24)17(11)40-10-1-2-14(34)13(7-10)33(41(38)39)22(3-4-22)20(36)29-8-15(25)26/h1-2,5-7,15,18,34H,3-4,8H2,(H,29,36)(H,38,39)(H,30,35,37)/p-1. The van der Waals surface area contributed by atoms with Crippen molar-refractivity contribution in [2.45, 2.75) is 31.2 Å². The van der Waals surface area contributed by atoms with Gasteiger partial charge in [-0.2, -0.15) is 9.78 Å². The van der Waals surface area contributed by atoms with Crippen LogP contribution >= 0.6 is 23.2 Å². The molecule has 1 aliphatic rings. The van der Waals surface area contributed by atoms with Crippen molar-refractivity contribution in [3.05, 3.63) is 66.9 Å². The fourth-order valence-electron chi connectivity index (χ4n) is 3.77. The van der Waals surface area contributed by atoms with Gasteiger partial charge in [0.1, 0.15) is 17.0 Å². The van der Waals surface area contributed by atoms with Crippen LogP contribution in [-0.2, 0) is 16.1 Å². The molecule has 1 aromatic heterocycles. The number of anilines is 1. The Morgan fingerprint density at radius 2 is 1.85 bits per heavy atom. The first-order chi connectivity index (χ1) is 19.2. The molecule has 1 saturated carbocycles. The molecule has 0 aliphatic heterocycles. The van der Waals surface area contributed by atoms with E-state index in [1.54, 1.807) is 4.98 Å². The maximum Gasteiger partial charge on any atom is 0.349 e. The van der Waals surface area contributed by atoms with E-state index >= 15 is 0 Å². The van der Waals surface area contributed by atoms with Crippen LogP contribution in [0.3, 0.4) is 0 Å². The smallest absolute Gasteiger partial charge is 0.349 e. The van der Waals surface area contributed by atoms with Gasteiger partial charge < -0.3 is 19.7 Å². The van der Waals surface area contributed by atoms with Crippen molar-refractivity contribution in [3.8, 4) is 22.9 Å². The number of phenolic OH excluding ortho intramolecular Hbond substituents is 1. The Bertz CT molecular complexity index is 1630. The lowest BCUT2D eigenvalue weighted by atomic mass is 10.2. The number of hydrogen-bond donors (Lipinski definition) is 3. The monoisotopic (exact) mass is 640 g/mol. The SMILES string of the molecule is O=C(NCC(F)F)C1(N(c2cc(Oc3c(Cl)cc(-n4nc(C(F)F)c(=O)[nH]c4=O)cc3Cl)ccc2O)S(=O)[O-])CC1. The Morgan fingerprint density at radius 3 is 2.39 bits per heavy atom. The summed E-state index contributed by atoms with van der Waals surface area (Å²) in [5.74, 6) is -2.00. The molecule has 1 aliphatic carbocycles. The third-order valence-corrected chi connectivity index (χ3v) is 7.18.